The molecule has 0 bridgehead atoms. The Morgan fingerprint density at radius 3 is 2.00 bits per heavy atom. The van der Waals surface area contributed by atoms with Crippen molar-refractivity contribution in [3.8, 4) is 5.75 Å². The molecule has 1 aliphatic rings. The first-order valence-electron chi connectivity index (χ1n) is 7.22. The summed E-state index contributed by atoms with van der Waals surface area (Å²) in [4.78, 5) is 0. The number of phenolic OH excluding ortho intramolecular Hbond substituents is 1. The van der Waals surface area contributed by atoms with Crippen LogP contribution in [0.3, 0.4) is 0 Å². The normalized spacial score (nSPS) is 20.2. The summed E-state index contributed by atoms with van der Waals surface area (Å²) in [7, 11) is 0. The fraction of sp³-hybridized carbons (Fsp3) is 0.647. The largest absolute Gasteiger partial charge is 0.507 e. The van der Waals surface area contributed by atoms with Gasteiger partial charge in [0.05, 0.1) is 0 Å². The molecule has 2 nitrogen and oxygen atoms in total. The molecule has 2 N–H and O–H groups in total. The van der Waals surface area contributed by atoms with Gasteiger partial charge in [-0.05, 0) is 41.0 Å². The average Bonchev–Trinajstić information content (AvgIpc) is 2.14. The van der Waals surface area contributed by atoms with Crippen molar-refractivity contribution >= 4 is 0 Å². The summed E-state index contributed by atoms with van der Waals surface area (Å²) in [5.41, 5.74) is 3.50. The Morgan fingerprint density at radius 1 is 1.05 bits per heavy atom. The second kappa shape index (κ2) is 4.52. The van der Waals surface area contributed by atoms with Crippen molar-refractivity contribution in [3.05, 3.63) is 28.8 Å². The van der Waals surface area contributed by atoms with Crippen molar-refractivity contribution < 1.29 is 5.11 Å². The molecule has 0 aliphatic carbocycles. The maximum absolute atomic E-state index is 10.6. The maximum Gasteiger partial charge on any atom is 0.124 e. The van der Waals surface area contributed by atoms with Gasteiger partial charge in [-0.1, -0.05) is 47.6 Å². The third-order valence-corrected chi connectivity index (χ3v) is 4.01. The van der Waals surface area contributed by atoms with Gasteiger partial charge in [-0.3, -0.25) is 0 Å². The maximum atomic E-state index is 10.6. The van der Waals surface area contributed by atoms with Crippen LogP contribution in [0.2, 0.25) is 0 Å². The molecule has 2 rings (SSSR count). The molecule has 0 aromatic heterocycles. The van der Waals surface area contributed by atoms with Crippen molar-refractivity contribution in [1.82, 2.24) is 5.32 Å². The summed E-state index contributed by atoms with van der Waals surface area (Å²) >= 11 is 0. The molecule has 1 atom stereocenters. The summed E-state index contributed by atoms with van der Waals surface area (Å²) in [6, 6.07) is 4.68. The number of phenols is 1. The lowest BCUT2D eigenvalue weighted by molar-refractivity contribution is 0.358. The van der Waals surface area contributed by atoms with Crippen LogP contribution in [-0.4, -0.2) is 11.7 Å². The van der Waals surface area contributed by atoms with E-state index in [1.165, 1.54) is 5.56 Å². The summed E-state index contributed by atoms with van der Waals surface area (Å²) in [5.74, 6) is 0.484. The molecule has 0 unspecified atom stereocenters. The quantitative estimate of drug-likeness (QED) is 0.800. The number of nitrogens with one attached hydrogen (secondary N) is 1. The zero-order valence-corrected chi connectivity index (χ0v) is 13.1. The Labute approximate surface area is 117 Å². The first kappa shape index (κ1) is 14.4. The van der Waals surface area contributed by atoms with E-state index in [1.807, 2.05) is 0 Å². The van der Waals surface area contributed by atoms with E-state index >= 15 is 0 Å². The molecule has 2 heteroatoms. The SMILES string of the molecule is CC(C)(C)c1cc([C@H]2CCN2)c(O)c(C(C)(C)C)c1. The second-order valence-electron chi connectivity index (χ2n) is 7.76. The van der Waals surface area contributed by atoms with E-state index in [0.717, 1.165) is 24.1 Å². The molecular formula is C17H27NO. The third-order valence-electron chi connectivity index (χ3n) is 4.01. The van der Waals surface area contributed by atoms with Gasteiger partial charge in [-0.15, -0.1) is 0 Å². The van der Waals surface area contributed by atoms with E-state index in [1.54, 1.807) is 0 Å². The van der Waals surface area contributed by atoms with Crippen LogP contribution in [0, 0.1) is 0 Å². The Kier molecular flexibility index (Phi) is 3.42. The zero-order valence-electron chi connectivity index (χ0n) is 13.1. The van der Waals surface area contributed by atoms with E-state index in [9.17, 15) is 5.11 Å². The molecule has 106 valence electrons. The Balaban J connectivity index is 2.60. The number of hydrogen-bond donors (Lipinski definition) is 2. The second-order valence-corrected chi connectivity index (χ2v) is 7.76. The van der Waals surface area contributed by atoms with Gasteiger partial charge in [0.2, 0.25) is 0 Å². The molecule has 19 heavy (non-hydrogen) atoms. The minimum atomic E-state index is -0.0379. The van der Waals surface area contributed by atoms with Crippen LogP contribution in [0.15, 0.2) is 12.1 Å². The molecule has 1 fully saturated rings. The van der Waals surface area contributed by atoms with E-state index in [4.69, 9.17) is 0 Å². The van der Waals surface area contributed by atoms with Gasteiger partial charge >= 0.3 is 0 Å². The lowest BCUT2D eigenvalue weighted by atomic mass is 9.77. The fourth-order valence-corrected chi connectivity index (χ4v) is 2.48. The van der Waals surface area contributed by atoms with Crippen LogP contribution in [-0.2, 0) is 10.8 Å². The van der Waals surface area contributed by atoms with Crippen LogP contribution in [0.1, 0.15) is 70.7 Å². The Hall–Kier alpha value is -1.02. The van der Waals surface area contributed by atoms with Crippen LogP contribution in [0.25, 0.3) is 0 Å². The van der Waals surface area contributed by atoms with E-state index in [0.29, 0.717) is 11.8 Å². The Morgan fingerprint density at radius 2 is 1.63 bits per heavy atom. The average molecular weight is 261 g/mol. The van der Waals surface area contributed by atoms with E-state index in [-0.39, 0.29) is 10.8 Å². The van der Waals surface area contributed by atoms with E-state index < -0.39 is 0 Å². The highest BCUT2D eigenvalue weighted by molar-refractivity contribution is 5.50. The van der Waals surface area contributed by atoms with Gasteiger partial charge in [0, 0.05) is 11.6 Å². The van der Waals surface area contributed by atoms with Crippen LogP contribution >= 0.6 is 0 Å². The molecular weight excluding hydrogens is 234 g/mol. The van der Waals surface area contributed by atoms with Crippen molar-refractivity contribution in [2.24, 2.45) is 0 Å². The Bertz CT molecular complexity index is 473. The molecule has 0 spiro atoms. The summed E-state index contributed by atoms with van der Waals surface area (Å²) < 4.78 is 0. The zero-order chi connectivity index (χ0) is 14.4. The van der Waals surface area contributed by atoms with Gasteiger partial charge in [0.1, 0.15) is 5.75 Å². The molecule has 1 aromatic carbocycles. The highest BCUT2D eigenvalue weighted by atomic mass is 16.3. The number of rotatable bonds is 1. The number of benzene rings is 1. The standard InChI is InChI=1S/C17H27NO/c1-16(2,3)11-9-12(14-7-8-18-14)15(19)13(10-11)17(4,5)6/h9-10,14,18-19H,7-8H2,1-6H3/t14-/m1/s1. The fourth-order valence-electron chi connectivity index (χ4n) is 2.48. The topological polar surface area (TPSA) is 32.3 Å². The molecule has 1 heterocycles. The third kappa shape index (κ3) is 2.79. The molecule has 0 amide bonds. The van der Waals surface area contributed by atoms with Crippen molar-refractivity contribution in [3.63, 3.8) is 0 Å². The number of aromatic hydroxyl groups is 1. The van der Waals surface area contributed by atoms with Crippen molar-refractivity contribution in [2.75, 3.05) is 6.54 Å². The minimum Gasteiger partial charge on any atom is -0.507 e. The summed E-state index contributed by atoms with van der Waals surface area (Å²) in [6.07, 6.45) is 1.12. The lowest BCUT2D eigenvalue weighted by Gasteiger charge is -2.33. The summed E-state index contributed by atoms with van der Waals surface area (Å²) in [6.45, 7) is 14.2. The van der Waals surface area contributed by atoms with Gasteiger partial charge < -0.3 is 10.4 Å². The first-order valence-corrected chi connectivity index (χ1v) is 7.22. The molecule has 1 aromatic rings. The van der Waals surface area contributed by atoms with Gasteiger partial charge in [-0.2, -0.15) is 0 Å². The van der Waals surface area contributed by atoms with Gasteiger partial charge in [-0.25, -0.2) is 0 Å². The molecule has 1 saturated heterocycles. The molecule has 0 saturated carbocycles. The van der Waals surface area contributed by atoms with Crippen LogP contribution < -0.4 is 5.32 Å². The monoisotopic (exact) mass is 261 g/mol. The van der Waals surface area contributed by atoms with Gasteiger partial charge in [0.15, 0.2) is 0 Å². The predicted octanol–water partition coefficient (Wildman–Crippen LogP) is 4.02. The number of hydrogen-bond acceptors (Lipinski definition) is 2. The molecule has 1 aliphatic heterocycles. The minimum absolute atomic E-state index is 0.0379. The van der Waals surface area contributed by atoms with E-state index in [2.05, 4.69) is 59.0 Å². The van der Waals surface area contributed by atoms with Gasteiger partial charge in [0.25, 0.3) is 0 Å². The van der Waals surface area contributed by atoms with Crippen LogP contribution in [0.4, 0.5) is 0 Å². The highest BCUT2D eigenvalue weighted by Gasteiger charge is 2.29. The lowest BCUT2D eigenvalue weighted by Crippen LogP contribution is -2.35. The predicted molar refractivity (Wildman–Crippen MR) is 80.9 cm³/mol. The molecule has 0 radical (unpaired) electrons. The summed E-state index contributed by atoms with van der Waals surface area (Å²) in [5, 5.41) is 14.0. The first-order chi connectivity index (χ1) is 8.60. The smallest absolute Gasteiger partial charge is 0.124 e. The van der Waals surface area contributed by atoms with Crippen molar-refractivity contribution in [2.45, 2.75) is 64.8 Å². The van der Waals surface area contributed by atoms with Crippen LogP contribution in [0.5, 0.6) is 5.75 Å². The highest BCUT2D eigenvalue weighted by Crippen LogP contribution is 2.41. The van der Waals surface area contributed by atoms with Crippen molar-refractivity contribution in [1.29, 1.82) is 0 Å².